The molecule has 1 aliphatic rings. The van der Waals surface area contributed by atoms with Crippen molar-refractivity contribution in [1.82, 2.24) is 5.32 Å². The normalized spacial score (nSPS) is 15.4. The second-order valence-corrected chi connectivity index (χ2v) is 5.66. The summed E-state index contributed by atoms with van der Waals surface area (Å²) in [5.41, 5.74) is 1.66. The molecule has 2 rings (SSSR count). The van der Waals surface area contributed by atoms with Crippen molar-refractivity contribution in [3.63, 3.8) is 0 Å². The second-order valence-electron chi connectivity index (χ2n) is 4.40. The van der Waals surface area contributed by atoms with Gasteiger partial charge in [-0.15, -0.1) is 11.3 Å². The van der Waals surface area contributed by atoms with Crippen molar-refractivity contribution in [1.29, 1.82) is 0 Å². The zero-order chi connectivity index (χ0) is 11.2. The molecular formula is C14H21NS. The highest BCUT2D eigenvalue weighted by atomic mass is 32.1. The Hall–Kier alpha value is -0.600. The first-order valence-electron chi connectivity index (χ1n) is 6.34. The van der Waals surface area contributed by atoms with Gasteiger partial charge < -0.3 is 5.32 Å². The van der Waals surface area contributed by atoms with Gasteiger partial charge in [0.2, 0.25) is 0 Å². The lowest BCUT2D eigenvalue weighted by Gasteiger charge is -2.03. The number of allylic oxidation sites excluding steroid dienone is 1. The van der Waals surface area contributed by atoms with E-state index in [1.54, 1.807) is 5.57 Å². The van der Waals surface area contributed by atoms with E-state index in [1.165, 1.54) is 35.4 Å². The van der Waals surface area contributed by atoms with Gasteiger partial charge in [0.25, 0.3) is 0 Å². The number of aryl methyl sites for hydroxylation is 1. The summed E-state index contributed by atoms with van der Waals surface area (Å²) in [6, 6.07) is 4.51. The molecule has 0 saturated heterocycles. The zero-order valence-electron chi connectivity index (χ0n) is 10.1. The fourth-order valence-electron chi connectivity index (χ4n) is 2.13. The zero-order valence-corrected chi connectivity index (χ0v) is 10.9. The van der Waals surface area contributed by atoms with Crippen molar-refractivity contribution >= 4 is 11.3 Å². The predicted molar refractivity (Wildman–Crippen MR) is 72.0 cm³/mol. The minimum absolute atomic E-state index is 1.04. The van der Waals surface area contributed by atoms with Crippen molar-refractivity contribution in [2.45, 2.75) is 45.6 Å². The minimum Gasteiger partial charge on any atom is -0.312 e. The Bertz CT molecular complexity index is 351. The number of hydrogen-bond acceptors (Lipinski definition) is 2. The van der Waals surface area contributed by atoms with Crippen LogP contribution in [0, 0.1) is 0 Å². The van der Waals surface area contributed by atoms with Crippen LogP contribution in [0.25, 0.3) is 0 Å². The largest absolute Gasteiger partial charge is 0.312 e. The van der Waals surface area contributed by atoms with Crippen molar-refractivity contribution in [2.24, 2.45) is 0 Å². The molecule has 0 fully saturated rings. The highest BCUT2D eigenvalue weighted by Crippen LogP contribution is 2.20. The maximum absolute atomic E-state index is 3.54. The first-order chi connectivity index (χ1) is 7.88. The fraction of sp³-hybridized carbons (Fsp3) is 0.571. The second kappa shape index (κ2) is 6.21. The quantitative estimate of drug-likeness (QED) is 0.582. The van der Waals surface area contributed by atoms with Gasteiger partial charge in [0.1, 0.15) is 0 Å². The Labute approximate surface area is 103 Å². The predicted octanol–water partition coefficient (Wildman–Crippen LogP) is 3.90. The maximum Gasteiger partial charge on any atom is 0.0299 e. The Morgan fingerprint density at radius 3 is 2.88 bits per heavy atom. The standard InChI is InChI=1S/C14H21NS/c1-2-13-7-8-14(16-13)11-15-10-9-12-5-3-4-6-12/h5,7-8,15H,2-4,6,9-11H2,1H3. The van der Waals surface area contributed by atoms with Crippen LogP contribution in [0.4, 0.5) is 0 Å². The average Bonchev–Trinajstić information content (AvgIpc) is 2.95. The summed E-state index contributed by atoms with van der Waals surface area (Å²) in [5.74, 6) is 0. The van der Waals surface area contributed by atoms with E-state index in [9.17, 15) is 0 Å². The van der Waals surface area contributed by atoms with Crippen molar-refractivity contribution in [3.8, 4) is 0 Å². The molecule has 0 aliphatic heterocycles. The van der Waals surface area contributed by atoms with Crippen molar-refractivity contribution in [2.75, 3.05) is 6.54 Å². The Morgan fingerprint density at radius 2 is 2.19 bits per heavy atom. The van der Waals surface area contributed by atoms with Gasteiger partial charge >= 0.3 is 0 Å². The van der Waals surface area contributed by atoms with E-state index >= 15 is 0 Å². The summed E-state index contributed by atoms with van der Waals surface area (Å²) in [5, 5.41) is 3.54. The van der Waals surface area contributed by atoms with Gasteiger partial charge in [-0.05, 0) is 50.8 Å². The topological polar surface area (TPSA) is 12.0 Å². The van der Waals surface area contributed by atoms with E-state index in [0.29, 0.717) is 0 Å². The molecule has 1 aliphatic carbocycles. The molecule has 0 unspecified atom stereocenters. The number of rotatable bonds is 6. The summed E-state index contributed by atoms with van der Waals surface area (Å²) in [6.45, 7) is 4.39. The van der Waals surface area contributed by atoms with Crippen LogP contribution in [0.3, 0.4) is 0 Å². The Morgan fingerprint density at radius 1 is 1.31 bits per heavy atom. The maximum atomic E-state index is 3.54. The van der Waals surface area contributed by atoms with Gasteiger partial charge in [0.15, 0.2) is 0 Å². The van der Waals surface area contributed by atoms with E-state index in [1.807, 2.05) is 11.3 Å². The molecule has 0 saturated carbocycles. The van der Waals surface area contributed by atoms with Gasteiger partial charge in [-0.1, -0.05) is 18.6 Å². The number of nitrogens with one attached hydrogen (secondary N) is 1. The molecule has 1 N–H and O–H groups in total. The molecule has 1 heterocycles. The smallest absolute Gasteiger partial charge is 0.0299 e. The Kier molecular flexibility index (Phi) is 4.61. The van der Waals surface area contributed by atoms with E-state index in [2.05, 4.69) is 30.4 Å². The molecule has 0 aromatic carbocycles. The third kappa shape index (κ3) is 3.46. The fourth-order valence-corrected chi connectivity index (χ4v) is 3.06. The van der Waals surface area contributed by atoms with Gasteiger partial charge in [-0.3, -0.25) is 0 Å². The van der Waals surface area contributed by atoms with Crippen LogP contribution in [0.1, 0.15) is 42.4 Å². The highest BCUT2D eigenvalue weighted by Gasteiger charge is 2.03. The average molecular weight is 235 g/mol. The molecule has 2 heteroatoms. The van der Waals surface area contributed by atoms with Crippen LogP contribution in [0.5, 0.6) is 0 Å². The molecule has 0 atom stereocenters. The molecule has 1 nitrogen and oxygen atoms in total. The molecule has 0 spiro atoms. The summed E-state index contributed by atoms with van der Waals surface area (Å²) in [4.78, 5) is 2.97. The van der Waals surface area contributed by atoms with Crippen LogP contribution in [-0.2, 0) is 13.0 Å². The lowest BCUT2D eigenvalue weighted by atomic mass is 10.2. The molecule has 1 aromatic heterocycles. The molecule has 1 aromatic rings. The van der Waals surface area contributed by atoms with Crippen LogP contribution in [-0.4, -0.2) is 6.54 Å². The monoisotopic (exact) mass is 235 g/mol. The molecule has 0 amide bonds. The van der Waals surface area contributed by atoms with E-state index < -0.39 is 0 Å². The molecule has 88 valence electrons. The minimum atomic E-state index is 1.04. The Balaban J connectivity index is 1.63. The van der Waals surface area contributed by atoms with Crippen LogP contribution in [0.2, 0.25) is 0 Å². The lowest BCUT2D eigenvalue weighted by molar-refractivity contribution is 0.682. The summed E-state index contributed by atoms with van der Waals surface area (Å²) in [6.07, 6.45) is 8.84. The third-order valence-electron chi connectivity index (χ3n) is 3.12. The van der Waals surface area contributed by atoms with Gasteiger partial charge in [-0.25, -0.2) is 0 Å². The molecule has 0 radical (unpaired) electrons. The van der Waals surface area contributed by atoms with Crippen LogP contribution >= 0.6 is 11.3 Å². The molecule has 0 bridgehead atoms. The van der Waals surface area contributed by atoms with Gasteiger partial charge in [0.05, 0.1) is 0 Å². The SMILES string of the molecule is CCc1ccc(CNCCC2=CCCC2)s1. The van der Waals surface area contributed by atoms with Gasteiger partial charge in [0, 0.05) is 16.3 Å². The highest BCUT2D eigenvalue weighted by molar-refractivity contribution is 7.11. The summed E-state index contributed by atoms with van der Waals surface area (Å²) >= 11 is 1.94. The summed E-state index contributed by atoms with van der Waals surface area (Å²) in [7, 11) is 0. The first kappa shape index (κ1) is 11.9. The third-order valence-corrected chi connectivity index (χ3v) is 4.35. The molecule has 16 heavy (non-hydrogen) atoms. The van der Waals surface area contributed by atoms with E-state index in [4.69, 9.17) is 0 Å². The van der Waals surface area contributed by atoms with Crippen molar-refractivity contribution in [3.05, 3.63) is 33.5 Å². The number of hydrogen-bond donors (Lipinski definition) is 1. The summed E-state index contributed by atoms with van der Waals surface area (Å²) < 4.78 is 0. The van der Waals surface area contributed by atoms with Crippen LogP contribution < -0.4 is 5.32 Å². The number of thiophene rings is 1. The van der Waals surface area contributed by atoms with E-state index in [-0.39, 0.29) is 0 Å². The first-order valence-corrected chi connectivity index (χ1v) is 7.16. The lowest BCUT2D eigenvalue weighted by Crippen LogP contribution is -2.14. The molecular weight excluding hydrogens is 214 g/mol. The van der Waals surface area contributed by atoms with E-state index in [0.717, 1.165) is 19.5 Å². The van der Waals surface area contributed by atoms with Crippen LogP contribution in [0.15, 0.2) is 23.8 Å². The van der Waals surface area contributed by atoms with Crippen molar-refractivity contribution < 1.29 is 0 Å². The van der Waals surface area contributed by atoms with Gasteiger partial charge in [-0.2, -0.15) is 0 Å².